The number of hydrogen-bond donors (Lipinski definition) is 1. The van der Waals surface area contributed by atoms with Crippen LogP contribution >= 0.6 is 0 Å². The monoisotopic (exact) mass is 259 g/mol. The minimum atomic E-state index is -0.421. The first kappa shape index (κ1) is 12.8. The molecule has 1 aromatic heterocycles. The number of benzene rings is 1. The van der Waals surface area contributed by atoms with Crippen molar-refractivity contribution < 1.29 is 9.66 Å². The molecule has 0 aliphatic carbocycles. The van der Waals surface area contributed by atoms with Crippen LogP contribution in [0.5, 0.6) is 5.75 Å². The van der Waals surface area contributed by atoms with Crippen molar-refractivity contribution in [3.63, 3.8) is 0 Å². The predicted molar refractivity (Wildman–Crippen MR) is 72.4 cm³/mol. The fourth-order valence-electron chi connectivity index (χ4n) is 1.75. The van der Waals surface area contributed by atoms with E-state index in [4.69, 9.17) is 4.74 Å². The molecule has 98 valence electrons. The second-order valence-corrected chi connectivity index (χ2v) is 3.82. The Morgan fingerprint density at radius 3 is 2.74 bits per heavy atom. The molecule has 6 heteroatoms. The average molecular weight is 259 g/mol. The van der Waals surface area contributed by atoms with Crippen molar-refractivity contribution in [2.24, 2.45) is 0 Å². The SMILES string of the molecule is CNc1ccc(-c2cc(OC)ccn2)cc1[N+](=O)[O-]. The van der Waals surface area contributed by atoms with Gasteiger partial charge in [-0.25, -0.2) is 0 Å². The lowest BCUT2D eigenvalue weighted by atomic mass is 10.1. The molecule has 0 unspecified atom stereocenters. The van der Waals surface area contributed by atoms with E-state index in [1.807, 2.05) is 0 Å². The third kappa shape index (κ3) is 2.62. The predicted octanol–water partition coefficient (Wildman–Crippen LogP) is 2.71. The van der Waals surface area contributed by atoms with Gasteiger partial charge in [0.15, 0.2) is 0 Å². The molecule has 0 amide bonds. The molecule has 0 bridgehead atoms. The van der Waals surface area contributed by atoms with E-state index in [9.17, 15) is 10.1 Å². The van der Waals surface area contributed by atoms with Gasteiger partial charge < -0.3 is 10.1 Å². The number of nitro benzene ring substituents is 1. The second-order valence-electron chi connectivity index (χ2n) is 3.82. The Balaban J connectivity index is 2.50. The van der Waals surface area contributed by atoms with Crippen LogP contribution in [0, 0.1) is 10.1 Å². The minimum absolute atomic E-state index is 0.0182. The summed E-state index contributed by atoms with van der Waals surface area (Å²) in [5.74, 6) is 0.658. The van der Waals surface area contributed by atoms with E-state index < -0.39 is 4.92 Å². The summed E-state index contributed by atoms with van der Waals surface area (Å²) in [6, 6.07) is 8.39. The van der Waals surface area contributed by atoms with Crippen LogP contribution in [0.1, 0.15) is 0 Å². The Hall–Kier alpha value is -2.63. The van der Waals surface area contributed by atoms with Gasteiger partial charge in [-0.1, -0.05) is 6.07 Å². The molecular weight excluding hydrogens is 246 g/mol. The molecule has 2 aromatic rings. The smallest absolute Gasteiger partial charge is 0.292 e. The normalized spacial score (nSPS) is 10.0. The fraction of sp³-hybridized carbons (Fsp3) is 0.154. The van der Waals surface area contributed by atoms with Gasteiger partial charge in [-0.05, 0) is 12.1 Å². The van der Waals surface area contributed by atoms with E-state index >= 15 is 0 Å². The van der Waals surface area contributed by atoms with Crippen molar-refractivity contribution in [2.45, 2.75) is 0 Å². The molecule has 1 N–H and O–H groups in total. The van der Waals surface area contributed by atoms with Crippen molar-refractivity contribution in [1.29, 1.82) is 0 Å². The molecule has 0 atom stereocenters. The summed E-state index contributed by atoms with van der Waals surface area (Å²) in [5, 5.41) is 13.8. The number of methoxy groups -OCH3 is 1. The summed E-state index contributed by atoms with van der Waals surface area (Å²) in [6.45, 7) is 0. The van der Waals surface area contributed by atoms with Crippen LogP contribution in [0.4, 0.5) is 11.4 Å². The Morgan fingerprint density at radius 1 is 1.32 bits per heavy atom. The molecule has 0 fully saturated rings. The van der Waals surface area contributed by atoms with Crippen LogP contribution in [0.15, 0.2) is 36.5 Å². The summed E-state index contributed by atoms with van der Waals surface area (Å²) in [7, 11) is 3.21. The van der Waals surface area contributed by atoms with Crippen LogP contribution in [0.3, 0.4) is 0 Å². The van der Waals surface area contributed by atoms with Crippen LogP contribution in [-0.2, 0) is 0 Å². The average Bonchev–Trinajstić information content (AvgIpc) is 2.46. The highest BCUT2D eigenvalue weighted by atomic mass is 16.6. The molecule has 0 spiro atoms. The van der Waals surface area contributed by atoms with Crippen molar-refractivity contribution in [3.05, 3.63) is 46.6 Å². The number of rotatable bonds is 4. The van der Waals surface area contributed by atoms with Crippen LogP contribution < -0.4 is 10.1 Å². The Bertz CT molecular complexity index is 614. The van der Waals surface area contributed by atoms with Gasteiger partial charge in [0.2, 0.25) is 0 Å². The lowest BCUT2D eigenvalue weighted by Crippen LogP contribution is -1.97. The highest BCUT2D eigenvalue weighted by Gasteiger charge is 2.14. The maximum absolute atomic E-state index is 11.0. The number of anilines is 1. The number of aromatic nitrogens is 1. The summed E-state index contributed by atoms with van der Waals surface area (Å²) in [4.78, 5) is 14.8. The lowest BCUT2D eigenvalue weighted by molar-refractivity contribution is -0.383. The maximum Gasteiger partial charge on any atom is 0.292 e. The molecule has 0 aliphatic heterocycles. The van der Waals surface area contributed by atoms with Crippen molar-refractivity contribution in [3.8, 4) is 17.0 Å². The Kier molecular flexibility index (Phi) is 3.61. The highest BCUT2D eigenvalue weighted by molar-refractivity contribution is 5.72. The maximum atomic E-state index is 11.0. The van der Waals surface area contributed by atoms with Crippen molar-refractivity contribution in [1.82, 2.24) is 4.98 Å². The van der Waals surface area contributed by atoms with E-state index in [0.29, 0.717) is 22.7 Å². The number of pyridine rings is 1. The standard InChI is InChI=1S/C13H13N3O3/c1-14-11-4-3-9(7-13(11)16(17)18)12-8-10(19-2)5-6-15-12/h3-8,14H,1-2H3. The number of nitrogens with zero attached hydrogens (tertiary/aromatic N) is 2. The quantitative estimate of drug-likeness (QED) is 0.674. The zero-order valence-corrected chi connectivity index (χ0v) is 10.6. The van der Waals surface area contributed by atoms with E-state index in [-0.39, 0.29) is 5.69 Å². The molecule has 0 saturated heterocycles. The second kappa shape index (κ2) is 5.34. The highest BCUT2D eigenvalue weighted by Crippen LogP contribution is 2.30. The molecule has 19 heavy (non-hydrogen) atoms. The third-order valence-electron chi connectivity index (χ3n) is 2.73. The Labute approximate surface area is 110 Å². The molecule has 6 nitrogen and oxygen atoms in total. The first-order valence-electron chi connectivity index (χ1n) is 5.62. The first-order valence-corrected chi connectivity index (χ1v) is 5.62. The molecule has 0 radical (unpaired) electrons. The minimum Gasteiger partial charge on any atom is -0.497 e. The molecule has 0 aliphatic rings. The van der Waals surface area contributed by atoms with Crippen LogP contribution in [0.2, 0.25) is 0 Å². The lowest BCUT2D eigenvalue weighted by Gasteiger charge is -2.06. The summed E-state index contributed by atoms with van der Waals surface area (Å²) < 4.78 is 5.11. The van der Waals surface area contributed by atoms with E-state index in [0.717, 1.165) is 0 Å². The van der Waals surface area contributed by atoms with Gasteiger partial charge in [0.05, 0.1) is 17.7 Å². The first-order chi connectivity index (χ1) is 9.15. The van der Waals surface area contributed by atoms with Gasteiger partial charge in [0, 0.05) is 30.9 Å². The van der Waals surface area contributed by atoms with Gasteiger partial charge in [-0.15, -0.1) is 0 Å². The van der Waals surface area contributed by atoms with Gasteiger partial charge in [-0.2, -0.15) is 0 Å². The summed E-state index contributed by atoms with van der Waals surface area (Å²) in [5.41, 5.74) is 1.79. The van der Waals surface area contributed by atoms with E-state index in [1.165, 1.54) is 6.07 Å². The summed E-state index contributed by atoms with van der Waals surface area (Å²) >= 11 is 0. The largest absolute Gasteiger partial charge is 0.497 e. The van der Waals surface area contributed by atoms with Gasteiger partial charge in [0.1, 0.15) is 11.4 Å². The van der Waals surface area contributed by atoms with Gasteiger partial charge in [0.25, 0.3) is 5.69 Å². The number of nitro groups is 1. The third-order valence-corrected chi connectivity index (χ3v) is 2.73. The zero-order valence-electron chi connectivity index (χ0n) is 10.6. The van der Waals surface area contributed by atoms with Crippen LogP contribution in [0.25, 0.3) is 11.3 Å². The molecule has 1 aromatic carbocycles. The zero-order chi connectivity index (χ0) is 13.8. The number of ether oxygens (including phenoxy) is 1. The topological polar surface area (TPSA) is 77.3 Å². The van der Waals surface area contributed by atoms with Crippen molar-refractivity contribution in [2.75, 3.05) is 19.5 Å². The van der Waals surface area contributed by atoms with Gasteiger partial charge >= 0.3 is 0 Å². The molecule has 0 saturated carbocycles. The van der Waals surface area contributed by atoms with Crippen LogP contribution in [-0.4, -0.2) is 24.1 Å². The fourth-order valence-corrected chi connectivity index (χ4v) is 1.75. The molecular formula is C13H13N3O3. The number of nitrogens with one attached hydrogen (secondary N) is 1. The molecule has 1 heterocycles. The van der Waals surface area contributed by atoms with Crippen molar-refractivity contribution >= 4 is 11.4 Å². The van der Waals surface area contributed by atoms with E-state index in [1.54, 1.807) is 44.6 Å². The molecule has 2 rings (SSSR count). The van der Waals surface area contributed by atoms with E-state index in [2.05, 4.69) is 10.3 Å². The number of hydrogen-bond acceptors (Lipinski definition) is 5. The summed E-state index contributed by atoms with van der Waals surface area (Å²) in [6.07, 6.45) is 1.60. The van der Waals surface area contributed by atoms with Gasteiger partial charge in [-0.3, -0.25) is 15.1 Å². The Morgan fingerprint density at radius 2 is 2.11 bits per heavy atom.